The molecule has 1 aliphatic heterocycles. The van der Waals surface area contributed by atoms with Gasteiger partial charge in [-0.1, -0.05) is 23.8 Å². The number of nitrogens with one attached hydrogen (secondary N) is 1. The summed E-state index contributed by atoms with van der Waals surface area (Å²) < 4.78 is 0. The standard InChI is InChI=1S/C20H22N2O3S/c1-14-5-7-18(8-6-14)26-10-9-21-20(25)15-11-19(24)22(13-15)16-3-2-4-17(23)12-16/h2-8,12,15,23H,9-11,13H2,1H3,(H,21,25). The van der Waals surface area contributed by atoms with Crippen LogP contribution in [0.2, 0.25) is 0 Å². The molecule has 1 saturated heterocycles. The second kappa shape index (κ2) is 8.27. The molecule has 26 heavy (non-hydrogen) atoms. The van der Waals surface area contributed by atoms with Gasteiger partial charge in [0.25, 0.3) is 0 Å². The van der Waals surface area contributed by atoms with Crippen molar-refractivity contribution in [1.82, 2.24) is 5.32 Å². The third-order valence-electron chi connectivity index (χ3n) is 4.33. The van der Waals surface area contributed by atoms with Gasteiger partial charge < -0.3 is 15.3 Å². The zero-order chi connectivity index (χ0) is 18.5. The van der Waals surface area contributed by atoms with Gasteiger partial charge in [0, 0.05) is 41.9 Å². The highest BCUT2D eigenvalue weighted by Crippen LogP contribution is 2.27. The molecule has 0 bridgehead atoms. The molecule has 136 valence electrons. The maximum Gasteiger partial charge on any atom is 0.227 e. The highest BCUT2D eigenvalue weighted by Gasteiger charge is 2.35. The Morgan fingerprint density at radius 1 is 1.27 bits per heavy atom. The molecule has 5 nitrogen and oxygen atoms in total. The van der Waals surface area contributed by atoms with Gasteiger partial charge in [-0.2, -0.15) is 0 Å². The largest absolute Gasteiger partial charge is 0.508 e. The van der Waals surface area contributed by atoms with E-state index in [0.29, 0.717) is 18.8 Å². The molecular formula is C20H22N2O3S. The van der Waals surface area contributed by atoms with E-state index >= 15 is 0 Å². The Morgan fingerprint density at radius 2 is 2.04 bits per heavy atom. The predicted molar refractivity (Wildman–Crippen MR) is 103 cm³/mol. The highest BCUT2D eigenvalue weighted by atomic mass is 32.2. The van der Waals surface area contributed by atoms with Crippen molar-refractivity contribution in [3.63, 3.8) is 0 Å². The minimum atomic E-state index is -0.353. The molecule has 0 spiro atoms. The normalized spacial score (nSPS) is 16.7. The number of nitrogens with zero attached hydrogens (tertiary/aromatic N) is 1. The number of aromatic hydroxyl groups is 1. The van der Waals surface area contributed by atoms with Crippen LogP contribution in [0.3, 0.4) is 0 Å². The highest BCUT2D eigenvalue weighted by molar-refractivity contribution is 7.99. The van der Waals surface area contributed by atoms with Gasteiger partial charge in [-0.3, -0.25) is 9.59 Å². The molecule has 1 unspecified atom stereocenters. The average Bonchev–Trinajstić information content (AvgIpc) is 3.02. The van der Waals surface area contributed by atoms with E-state index in [-0.39, 0.29) is 29.9 Å². The molecule has 1 fully saturated rings. The number of hydrogen-bond donors (Lipinski definition) is 2. The number of carbonyl (C=O) groups excluding carboxylic acids is 2. The van der Waals surface area contributed by atoms with Crippen molar-refractivity contribution in [3.8, 4) is 5.75 Å². The van der Waals surface area contributed by atoms with E-state index in [1.54, 1.807) is 34.9 Å². The third-order valence-corrected chi connectivity index (χ3v) is 5.34. The lowest BCUT2D eigenvalue weighted by molar-refractivity contribution is -0.126. The average molecular weight is 370 g/mol. The van der Waals surface area contributed by atoms with Gasteiger partial charge in [0.15, 0.2) is 0 Å². The summed E-state index contributed by atoms with van der Waals surface area (Å²) in [5.41, 5.74) is 1.85. The third kappa shape index (κ3) is 4.58. The number of benzene rings is 2. The maximum atomic E-state index is 12.3. The van der Waals surface area contributed by atoms with Crippen LogP contribution in [-0.2, 0) is 9.59 Å². The smallest absolute Gasteiger partial charge is 0.227 e. The van der Waals surface area contributed by atoms with Gasteiger partial charge in [0.05, 0.1) is 5.92 Å². The Hall–Kier alpha value is -2.47. The summed E-state index contributed by atoms with van der Waals surface area (Å²) >= 11 is 1.69. The van der Waals surface area contributed by atoms with Gasteiger partial charge in [0.2, 0.25) is 11.8 Å². The summed E-state index contributed by atoms with van der Waals surface area (Å²) in [4.78, 5) is 27.3. The number of aryl methyl sites for hydroxylation is 1. The molecular weight excluding hydrogens is 348 g/mol. The zero-order valence-electron chi connectivity index (χ0n) is 14.6. The first-order valence-corrected chi connectivity index (χ1v) is 9.58. The topological polar surface area (TPSA) is 69.6 Å². The number of thioether (sulfide) groups is 1. The SMILES string of the molecule is Cc1ccc(SCCNC(=O)C2CC(=O)N(c3cccc(O)c3)C2)cc1. The lowest BCUT2D eigenvalue weighted by Gasteiger charge is -2.17. The summed E-state index contributed by atoms with van der Waals surface area (Å²) in [6, 6.07) is 14.8. The predicted octanol–water partition coefficient (Wildman–Crippen LogP) is 2.96. The van der Waals surface area contributed by atoms with Crippen molar-refractivity contribution in [1.29, 1.82) is 0 Å². The molecule has 0 aromatic heterocycles. The molecule has 0 aliphatic carbocycles. The number of carbonyl (C=O) groups is 2. The molecule has 0 radical (unpaired) electrons. The minimum Gasteiger partial charge on any atom is -0.508 e. The molecule has 2 N–H and O–H groups in total. The summed E-state index contributed by atoms with van der Waals surface area (Å²) in [7, 11) is 0. The monoisotopic (exact) mass is 370 g/mol. The first-order chi connectivity index (χ1) is 12.5. The molecule has 2 aromatic rings. The van der Waals surface area contributed by atoms with Crippen LogP contribution in [0.1, 0.15) is 12.0 Å². The van der Waals surface area contributed by atoms with E-state index in [2.05, 4.69) is 36.5 Å². The second-order valence-electron chi connectivity index (χ2n) is 6.38. The van der Waals surface area contributed by atoms with Crippen molar-refractivity contribution >= 4 is 29.3 Å². The Labute approximate surface area is 157 Å². The fourth-order valence-corrected chi connectivity index (χ4v) is 3.68. The summed E-state index contributed by atoms with van der Waals surface area (Å²) in [5.74, 6) is 0.354. The van der Waals surface area contributed by atoms with Crippen LogP contribution in [0.4, 0.5) is 5.69 Å². The van der Waals surface area contributed by atoms with Crippen molar-refractivity contribution in [2.75, 3.05) is 23.7 Å². The van der Waals surface area contributed by atoms with E-state index < -0.39 is 0 Å². The van der Waals surface area contributed by atoms with E-state index in [0.717, 1.165) is 5.75 Å². The molecule has 6 heteroatoms. The molecule has 1 atom stereocenters. The number of hydrogen-bond acceptors (Lipinski definition) is 4. The Bertz CT molecular complexity index is 792. The fourth-order valence-electron chi connectivity index (χ4n) is 2.92. The van der Waals surface area contributed by atoms with Crippen LogP contribution in [0.5, 0.6) is 5.75 Å². The van der Waals surface area contributed by atoms with Gasteiger partial charge in [-0.15, -0.1) is 11.8 Å². The van der Waals surface area contributed by atoms with Crippen LogP contribution >= 0.6 is 11.8 Å². The van der Waals surface area contributed by atoms with E-state index in [4.69, 9.17) is 0 Å². The molecule has 0 saturated carbocycles. The van der Waals surface area contributed by atoms with E-state index in [9.17, 15) is 14.7 Å². The van der Waals surface area contributed by atoms with Crippen LogP contribution in [0, 0.1) is 12.8 Å². The van der Waals surface area contributed by atoms with Crippen molar-refractivity contribution in [2.24, 2.45) is 5.92 Å². The second-order valence-corrected chi connectivity index (χ2v) is 7.55. The molecule has 3 rings (SSSR count). The summed E-state index contributed by atoms with van der Waals surface area (Å²) in [5, 5.41) is 12.5. The van der Waals surface area contributed by atoms with E-state index in [1.165, 1.54) is 16.5 Å². The zero-order valence-corrected chi connectivity index (χ0v) is 15.5. The van der Waals surface area contributed by atoms with Crippen LogP contribution in [0.25, 0.3) is 0 Å². The number of anilines is 1. The summed E-state index contributed by atoms with van der Waals surface area (Å²) in [6.45, 7) is 2.96. The van der Waals surface area contributed by atoms with Crippen molar-refractivity contribution < 1.29 is 14.7 Å². The lowest BCUT2D eigenvalue weighted by Crippen LogP contribution is -2.34. The number of amides is 2. The van der Waals surface area contributed by atoms with Gasteiger partial charge >= 0.3 is 0 Å². The molecule has 1 heterocycles. The van der Waals surface area contributed by atoms with Crippen LogP contribution in [-0.4, -0.2) is 35.8 Å². The van der Waals surface area contributed by atoms with Crippen molar-refractivity contribution in [2.45, 2.75) is 18.2 Å². The number of phenols is 1. The van der Waals surface area contributed by atoms with Gasteiger partial charge in [-0.05, 0) is 31.2 Å². The van der Waals surface area contributed by atoms with Gasteiger partial charge in [-0.25, -0.2) is 0 Å². The van der Waals surface area contributed by atoms with Gasteiger partial charge in [0.1, 0.15) is 5.75 Å². The molecule has 1 aliphatic rings. The molecule has 2 aromatic carbocycles. The first kappa shape index (κ1) is 18.3. The fraction of sp³-hybridized carbons (Fsp3) is 0.300. The van der Waals surface area contributed by atoms with E-state index in [1.807, 2.05) is 0 Å². The van der Waals surface area contributed by atoms with Crippen LogP contribution < -0.4 is 10.2 Å². The quantitative estimate of drug-likeness (QED) is 0.606. The number of rotatable bonds is 6. The Balaban J connectivity index is 1.46. The summed E-state index contributed by atoms with van der Waals surface area (Å²) in [6.07, 6.45) is 0.201. The lowest BCUT2D eigenvalue weighted by atomic mass is 10.1. The minimum absolute atomic E-state index is 0.0921. The molecule has 2 amide bonds. The Morgan fingerprint density at radius 3 is 2.77 bits per heavy atom. The maximum absolute atomic E-state index is 12.3. The van der Waals surface area contributed by atoms with Crippen LogP contribution in [0.15, 0.2) is 53.4 Å². The Kier molecular flexibility index (Phi) is 5.83. The first-order valence-electron chi connectivity index (χ1n) is 8.59. The number of phenolic OH excluding ortho intramolecular Hbond substituents is 1. The van der Waals surface area contributed by atoms with Crippen molar-refractivity contribution in [3.05, 3.63) is 54.1 Å².